The van der Waals surface area contributed by atoms with Crippen molar-refractivity contribution in [2.24, 2.45) is 0 Å². The van der Waals surface area contributed by atoms with Crippen molar-refractivity contribution >= 4 is 46.3 Å². The minimum atomic E-state index is 0.281. The van der Waals surface area contributed by atoms with Crippen LogP contribution in [0.4, 0.5) is 11.5 Å². The normalized spacial score (nSPS) is 10.5. The van der Waals surface area contributed by atoms with Crippen LogP contribution in [0.3, 0.4) is 0 Å². The third-order valence-corrected chi connectivity index (χ3v) is 2.95. The summed E-state index contributed by atoms with van der Waals surface area (Å²) in [5, 5.41) is 4.45. The molecule has 2 aromatic rings. The van der Waals surface area contributed by atoms with Gasteiger partial charge in [-0.25, -0.2) is 9.97 Å². The van der Waals surface area contributed by atoms with E-state index in [1.807, 2.05) is 0 Å². The Hall–Kier alpha value is -1.07. The Morgan fingerprint density at radius 1 is 1.16 bits per heavy atom. The molecule has 4 nitrogen and oxygen atoms in total. The number of ether oxygens (including phenoxy) is 1. The Morgan fingerprint density at radius 2 is 1.95 bits per heavy atom. The quantitative estimate of drug-likeness (QED) is 0.853. The summed E-state index contributed by atoms with van der Waals surface area (Å²) in [7, 11) is 1.56. The molecule has 19 heavy (non-hydrogen) atoms. The number of hydrogen-bond donors (Lipinski definition) is 1. The number of nitrogens with one attached hydrogen (secondary N) is 1. The van der Waals surface area contributed by atoms with Crippen molar-refractivity contribution < 1.29 is 4.74 Å². The predicted octanol–water partition coefficient (Wildman–Crippen LogP) is 4.33. The molecule has 0 fully saturated rings. The maximum Gasteiger partial charge on any atom is 0.158 e. The van der Waals surface area contributed by atoms with E-state index in [0.29, 0.717) is 32.5 Å². The van der Waals surface area contributed by atoms with Gasteiger partial charge in [-0.15, -0.1) is 0 Å². The van der Waals surface area contributed by atoms with Gasteiger partial charge in [-0.05, 0) is 18.2 Å². The molecule has 0 atom stereocenters. The first-order chi connectivity index (χ1) is 9.08. The first-order valence-electron chi connectivity index (χ1n) is 5.33. The van der Waals surface area contributed by atoms with Gasteiger partial charge in [0.25, 0.3) is 0 Å². The monoisotopic (exact) mass is 317 g/mol. The van der Waals surface area contributed by atoms with Crippen LogP contribution in [-0.4, -0.2) is 17.1 Å². The number of anilines is 2. The summed E-state index contributed by atoms with van der Waals surface area (Å²) < 4.78 is 4.97. The van der Waals surface area contributed by atoms with Crippen molar-refractivity contribution in [2.75, 3.05) is 12.4 Å². The molecule has 100 valence electrons. The van der Waals surface area contributed by atoms with Crippen molar-refractivity contribution in [3.63, 3.8) is 0 Å². The Morgan fingerprint density at radius 3 is 2.63 bits per heavy atom. The van der Waals surface area contributed by atoms with E-state index in [0.717, 1.165) is 0 Å². The average Bonchev–Trinajstić information content (AvgIpc) is 2.32. The zero-order valence-electron chi connectivity index (χ0n) is 9.95. The van der Waals surface area contributed by atoms with E-state index < -0.39 is 0 Å². The first-order valence-corrected chi connectivity index (χ1v) is 6.46. The standard InChI is InChI=1S/C12H10Cl3N3O/c1-19-6-12-17-10(15)5-11(18-12)16-9-3-2-7(13)4-8(9)14/h2-5H,6H2,1H3,(H,16,17,18). The molecule has 0 aliphatic heterocycles. The van der Waals surface area contributed by atoms with Crippen LogP contribution in [-0.2, 0) is 11.3 Å². The van der Waals surface area contributed by atoms with Gasteiger partial charge in [0.2, 0.25) is 0 Å². The molecule has 7 heteroatoms. The van der Waals surface area contributed by atoms with Crippen molar-refractivity contribution in [3.8, 4) is 0 Å². The Labute approximate surface area is 125 Å². The Balaban J connectivity index is 2.27. The molecule has 2 rings (SSSR count). The molecule has 1 heterocycles. The summed E-state index contributed by atoms with van der Waals surface area (Å²) >= 11 is 17.8. The fraction of sp³-hybridized carbons (Fsp3) is 0.167. The van der Waals surface area contributed by atoms with Crippen molar-refractivity contribution in [2.45, 2.75) is 6.61 Å². The smallest absolute Gasteiger partial charge is 0.158 e. The molecule has 1 aromatic heterocycles. The Bertz CT molecular complexity index is 592. The molecule has 0 spiro atoms. The van der Waals surface area contributed by atoms with Crippen LogP contribution in [0.25, 0.3) is 0 Å². The molecule has 0 unspecified atom stereocenters. The van der Waals surface area contributed by atoms with Gasteiger partial charge >= 0.3 is 0 Å². The van der Waals surface area contributed by atoms with E-state index in [1.165, 1.54) is 0 Å². The van der Waals surface area contributed by atoms with Gasteiger partial charge in [0.1, 0.15) is 17.6 Å². The highest BCUT2D eigenvalue weighted by molar-refractivity contribution is 6.36. The van der Waals surface area contributed by atoms with Crippen molar-refractivity contribution in [3.05, 3.63) is 45.3 Å². The third kappa shape index (κ3) is 3.94. The zero-order chi connectivity index (χ0) is 13.8. The average molecular weight is 319 g/mol. The summed E-state index contributed by atoms with van der Waals surface area (Å²) in [5.74, 6) is 1.03. The number of rotatable bonds is 4. The second-order valence-electron chi connectivity index (χ2n) is 3.67. The lowest BCUT2D eigenvalue weighted by Crippen LogP contribution is -2.01. The number of aromatic nitrogens is 2. The van der Waals surface area contributed by atoms with Crippen molar-refractivity contribution in [1.29, 1.82) is 0 Å². The van der Waals surface area contributed by atoms with Crippen LogP contribution in [0, 0.1) is 0 Å². The molecule has 0 bridgehead atoms. The predicted molar refractivity (Wildman–Crippen MR) is 77.5 cm³/mol. The lowest BCUT2D eigenvalue weighted by Gasteiger charge is -2.09. The second kappa shape index (κ2) is 6.39. The summed E-state index contributed by atoms with van der Waals surface area (Å²) in [5.41, 5.74) is 0.684. The number of methoxy groups -OCH3 is 1. The van der Waals surface area contributed by atoms with E-state index in [4.69, 9.17) is 39.5 Å². The van der Waals surface area contributed by atoms with E-state index in [-0.39, 0.29) is 6.61 Å². The lowest BCUT2D eigenvalue weighted by atomic mass is 10.3. The van der Waals surface area contributed by atoms with Crippen LogP contribution in [0.15, 0.2) is 24.3 Å². The van der Waals surface area contributed by atoms with Gasteiger partial charge in [0, 0.05) is 18.2 Å². The van der Waals surface area contributed by atoms with Gasteiger partial charge in [-0.1, -0.05) is 34.8 Å². The third-order valence-electron chi connectivity index (χ3n) is 2.21. The minimum Gasteiger partial charge on any atom is -0.377 e. The van der Waals surface area contributed by atoms with Crippen LogP contribution in [0.5, 0.6) is 0 Å². The fourth-order valence-electron chi connectivity index (χ4n) is 1.45. The van der Waals surface area contributed by atoms with Gasteiger partial charge in [0.15, 0.2) is 5.82 Å². The van der Waals surface area contributed by atoms with E-state index >= 15 is 0 Å². The molecule has 0 amide bonds. The van der Waals surface area contributed by atoms with Gasteiger partial charge in [-0.2, -0.15) is 0 Å². The lowest BCUT2D eigenvalue weighted by molar-refractivity contribution is 0.178. The first kappa shape index (κ1) is 14.3. The highest BCUT2D eigenvalue weighted by atomic mass is 35.5. The summed E-state index contributed by atoms with van der Waals surface area (Å²) in [6.45, 7) is 0.281. The van der Waals surface area contributed by atoms with Gasteiger partial charge in [0.05, 0.1) is 10.7 Å². The summed E-state index contributed by atoms with van der Waals surface area (Å²) in [4.78, 5) is 8.30. The van der Waals surface area contributed by atoms with Crippen LogP contribution in [0.2, 0.25) is 15.2 Å². The molecular formula is C12H10Cl3N3O. The zero-order valence-corrected chi connectivity index (χ0v) is 12.2. The van der Waals surface area contributed by atoms with Crippen LogP contribution >= 0.6 is 34.8 Å². The SMILES string of the molecule is COCc1nc(Cl)cc(Nc2ccc(Cl)cc2Cl)n1. The molecular weight excluding hydrogens is 309 g/mol. The number of benzene rings is 1. The van der Waals surface area contributed by atoms with Gasteiger partial charge in [-0.3, -0.25) is 0 Å². The molecule has 1 aromatic carbocycles. The topological polar surface area (TPSA) is 47.0 Å². The summed E-state index contributed by atoms with van der Waals surface area (Å²) in [6.07, 6.45) is 0. The highest BCUT2D eigenvalue weighted by Crippen LogP contribution is 2.28. The molecule has 0 saturated carbocycles. The van der Waals surface area contributed by atoms with E-state index in [2.05, 4.69) is 15.3 Å². The van der Waals surface area contributed by atoms with Gasteiger partial charge < -0.3 is 10.1 Å². The highest BCUT2D eigenvalue weighted by Gasteiger charge is 2.06. The molecule has 0 radical (unpaired) electrons. The largest absolute Gasteiger partial charge is 0.377 e. The number of nitrogens with zero attached hydrogens (tertiary/aromatic N) is 2. The van der Waals surface area contributed by atoms with Crippen molar-refractivity contribution in [1.82, 2.24) is 9.97 Å². The molecule has 0 aliphatic carbocycles. The van der Waals surface area contributed by atoms with E-state index in [9.17, 15) is 0 Å². The maximum absolute atomic E-state index is 6.07. The van der Waals surface area contributed by atoms with E-state index in [1.54, 1.807) is 31.4 Å². The van der Waals surface area contributed by atoms with Crippen LogP contribution < -0.4 is 5.32 Å². The summed E-state index contributed by atoms with van der Waals surface area (Å²) in [6, 6.07) is 6.74. The molecule has 0 saturated heterocycles. The maximum atomic E-state index is 6.07. The van der Waals surface area contributed by atoms with Crippen LogP contribution in [0.1, 0.15) is 5.82 Å². The molecule has 1 N–H and O–H groups in total. The fourth-order valence-corrected chi connectivity index (χ4v) is 2.11. The Kier molecular flexibility index (Phi) is 4.82. The minimum absolute atomic E-state index is 0.281. The second-order valence-corrected chi connectivity index (χ2v) is 4.91. The molecule has 0 aliphatic rings. The number of halogens is 3. The number of hydrogen-bond acceptors (Lipinski definition) is 4.